The molecule has 0 radical (unpaired) electrons. The highest BCUT2D eigenvalue weighted by atomic mass is 16.5. The molecule has 0 aliphatic carbocycles. The fourth-order valence-corrected chi connectivity index (χ4v) is 2.91. The molecule has 20 heavy (non-hydrogen) atoms. The van der Waals surface area contributed by atoms with Gasteiger partial charge < -0.3 is 15.0 Å². The Balaban J connectivity index is 1.77. The highest BCUT2D eigenvalue weighted by molar-refractivity contribution is 5.38. The summed E-state index contributed by atoms with van der Waals surface area (Å²) < 4.78 is 5.49. The Bertz CT molecular complexity index is 413. The number of benzene rings is 1. The summed E-state index contributed by atoms with van der Waals surface area (Å²) in [5.41, 5.74) is 2.49. The van der Waals surface area contributed by atoms with Crippen LogP contribution in [0.25, 0.3) is 0 Å². The number of hydrogen-bond donors (Lipinski definition) is 1. The molecule has 1 fully saturated rings. The second-order valence-corrected chi connectivity index (χ2v) is 5.82. The van der Waals surface area contributed by atoms with Crippen LogP contribution in [0.3, 0.4) is 0 Å². The van der Waals surface area contributed by atoms with Crippen LogP contribution in [0.5, 0.6) is 5.75 Å². The smallest absolute Gasteiger partial charge is 0.123 e. The number of rotatable bonds is 7. The molecule has 112 valence electrons. The Hall–Kier alpha value is -1.06. The van der Waals surface area contributed by atoms with Crippen molar-refractivity contribution in [2.24, 2.45) is 0 Å². The average Bonchev–Trinajstić information content (AvgIpc) is 2.96. The van der Waals surface area contributed by atoms with Gasteiger partial charge in [-0.05, 0) is 70.9 Å². The minimum Gasteiger partial charge on any atom is -0.496 e. The van der Waals surface area contributed by atoms with Crippen molar-refractivity contribution in [1.29, 1.82) is 0 Å². The summed E-state index contributed by atoms with van der Waals surface area (Å²) in [6.45, 7) is 9.19. The lowest BCUT2D eigenvalue weighted by Crippen LogP contribution is -2.26. The molecule has 1 heterocycles. The summed E-state index contributed by atoms with van der Waals surface area (Å²) in [4.78, 5) is 2.57. The van der Waals surface area contributed by atoms with Crippen molar-refractivity contribution in [3.63, 3.8) is 0 Å². The van der Waals surface area contributed by atoms with Crippen LogP contribution in [-0.4, -0.2) is 38.2 Å². The molecule has 1 aliphatic rings. The van der Waals surface area contributed by atoms with Gasteiger partial charge in [-0.2, -0.15) is 0 Å². The van der Waals surface area contributed by atoms with Crippen LogP contribution in [0, 0.1) is 6.92 Å². The average molecular weight is 276 g/mol. The van der Waals surface area contributed by atoms with E-state index in [4.69, 9.17) is 4.74 Å². The van der Waals surface area contributed by atoms with Crippen LogP contribution in [0.1, 0.15) is 43.4 Å². The zero-order chi connectivity index (χ0) is 14.4. The standard InChI is InChI=1S/C17H28N2O/c1-14-7-8-16(17(13-14)20-3)15(2)18-9-6-12-19-10-4-5-11-19/h7-8,13,15,18H,4-6,9-12H2,1-3H3. The van der Waals surface area contributed by atoms with Gasteiger partial charge in [0.2, 0.25) is 0 Å². The first-order valence-electron chi connectivity index (χ1n) is 7.81. The molecular formula is C17H28N2O. The third kappa shape index (κ3) is 4.22. The molecule has 1 unspecified atom stereocenters. The number of aryl methyl sites for hydroxylation is 1. The van der Waals surface area contributed by atoms with Crippen molar-refractivity contribution in [2.45, 2.75) is 39.2 Å². The van der Waals surface area contributed by atoms with Gasteiger partial charge in [0.05, 0.1) is 7.11 Å². The largest absolute Gasteiger partial charge is 0.496 e. The van der Waals surface area contributed by atoms with Gasteiger partial charge in [0.25, 0.3) is 0 Å². The van der Waals surface area contributed by atoms with Gasteiger partial charge in [0, 0.05) is 11.6 Å². The molecule has 0 aromatic heterocycles. The SMILES string of the molecule is COc1cc(C)ccc1C(C)NCCCN1CCCC1. The van der Waals surface area contributed by atoms with E-state index in [0.717, 1.165) is 12.3 Å². The molecule has 0 spiro atoms. The van der Waals surface area contributed by atoms with E-state index in [1.165, 1.54) is 50.0 Å². The molecule has 0 saturated carbocycles. The Kier molecular flexibility index (Phi) is 5.86. The molecule has 1 saturated heterocycles. The van der Waals surface area contributed by atoms with Crippen molar-refractivity contribution in [2.75, 3.05) is 33.3 Å². The molecule has 1 aliphatic heterocycles. The van der Waals surface area contributed by atoms with Gasteiger partial charge in [-0.15, -0.1) is 0 Å². The highest BCUT2D eigenvalue weighted by Crippen LogP contribution is 2.25. The summed E-state index contributed by atoms with van der Waals surface area (Å²) in [5.74, 6) is 0.990. The van der Waals surface area contributed by atoms with Gasteiger partial charge in [-0.1, -0.05) is 12.1 Å². The van der Waals surface area contributed by atoms with Gasteiger partial charge in [0.15, 0.2) is 0 Å². The second kappa shape index (κ2) is 7.65. The quantitative estimate of drug-likeness (QED) is 0.774. The van der Waals surface area contributed by atoms with Crippen LogP contribution in [0.4, 0.5) is 0 Å². The highest BCUT2D eigenvalue weighted by Gasteiger charge is 2.12. The minimum atomic E-state index is 0.337. The third-order valence-corrected chi connectivity index (χ3v) is 4.16. The summed E-state index contributed by atoms with van der Waals surface area (Å²) in [6.07, 6.45) is 3.98. The molecule has 1 aromatic rings. The third-order valence-electron chi connectivity index (χ3n) is 4.16. The number of methoxy groups -OCH3 is 1. The Morgan fingerprint density at radius 3 is 2.75 bits per heavy atom. The van der Waals surface area contributed by atoms with Crippen LogP contribution < -0.4 is 10.1 Å². The van der Waals surface area contributed by atoms with E-state index >= 15 is 0 Å². The first kappa shape index (κ1) is 15.3. The lowest BCUT2D eigenvalue weighted by molar-refractivity contribution is 0.328. The van der Waals surface area contributed by atoms with Gasteiger partial charge in [0.1, 0.15) is 5.75 Å². The van der Waals surface area contributed by atoms with Gasteiger partial charge >= 0.3 is 0 Å². The summed E-state index contributed by atoms with van der Waals surface area (Å²) >= 11 is 0. The molecule has 1 aromatic carbocycles. The Morgan fingerprint density at radius 2 is 2.05 bits per heavy atom. The Labute approximate surface area is 123 Å². The number of hydrogen-bond acceptors (Lipinski definition) is 3. The normalized spacial score (nSPS) is 17.4. The fourth-order valence-electron chi connectivity index (χ4n) is 2.91. The van der Waals surface area contributed by atoms with Crippen LogP contribution >= 0.6 is 0 Å². The topological polar surface area (TPSA) is 24.5 Å². The van der Waals surface area contributed by atoms with E-state index in [0.29, 0.717) is 6.04 Å². The maximum absolute atomic E-state index is 5.49. The minimum absolute atomic E-state index is 0.337. The van der Waals surface area contributed by atoms with Crippen molar-refractivity contribution in [3.8, 4) is 5.75 Å². The maximum atomic E-state index is 5.49. The molecule has 0 bridgehead atoms. The first-order valence-corrected chi connectivity index (χ1v) is 7.81. The molecular weight excluding hydrogens is 248 g/mol. The molecule has 2 rings (SSSR count). The number of ether oxygens (including phenoxy) is 1. The van der Waals surface area contributed by atoms with E-state index < -0.39 is 0 Å². The van der Waals surface area contributed by atoms with E-state index in [2.05, 4.69) is 42.3 Å². The predicted molar refractivity (Wildman–Crippen MR) is 84.4 cm³/mol. The van der Waals surface area contributed by atoms with Gasteiger partial charge in [-0.3, -0.25) is 0 Å². The zero-order valence-corrected chi connectivity index (χ0v) is 13.1. The van der Waals surface area contributed by atoms with Crippen molar-refractivity contribution in [1.82, 2.24) is 10.2 Å². The first-order chi connectivity index (χ1) is 9.70. The monoisotopic (exact) mass is 276 g/mol. The van der Waals surface area contributed by atoms with E-state index in [-0.39, 0.29) is 0 Å². The maximum Gasteiger partial charge on any atom is 0.123 e. The summed E-state index contributed by atoms with van der Waals surface area (Å²) in [5, 5.41) is 3.61. The van der Waals surface area contributed by atoms with Crippen molar-refractivity contribution >= 4 is 0 Å². The molecule has 3 heteroatoms. The van der Waals surface area contributed by atoms with E-state index in [1.807, 2.05) is 0 Å². The number of nitrogens with zero attached hydrogens (tertiary/aromatic N) is 1. The molecule has 1 N–H and O–H groups in total. The lowest BCUT2D eigenvalue weighted by atomic mass is 10.0. The predicted octanol–water partition coefficient (Wildman–Crippen LogP) is 3.14. The zero-order valence-electron chi connectivity index (χ0n) is 13.1. The molecule has 0 amide bonds. The Morgan fingerprint density at radius 1 is 1.30 bits per heavy atom. The molecule has 1 atom stereocenters. The fraction of sp³-hybridized carbons (Fsp3) is 0.647. The van der Waals surface area contributed by atoms with Crippen molar-refractivity contribution < 1.29 is 4.74 Å². The van der Waals surface area contributed by atoms with Crippen molar-refractivity contribution in [3.05, 3.63) is 29.3 Å². The number of likely N-dealkylation sites (tertiary alicyclic amines) is 1. The van der Waals surface area contributed by atoms with Crippen LogP contribution in [0.2, 0.25) is 0 Å². The summed E-state index contributed by atoms with van der Waals surface area (Å²) in [6, 6.07) is 6.77. The van der Waals surface area contributed by atoms with Gasteiger partial charge in [-0.25, -0.2) is 0 Å². The molecule has 3 nitrogen and oxygen atoms in total. The second-order valence-electron chi connectivity index (χ2n) is 5.82. The van der Waals surface area contributed by atoms with E-state index in [1.54, 1.807) is 7.11 Å². The van der Waals surface area contributed by atoms with Crippen LogP contribution in [-0.2, 0) is 0 Å². The lowest BCUT2D eigenvalue weighted by Gasteiger charge is -2.19. The van der Waals surface area contributed by atoms with E-state index in [9.17, 15) is 0 Å². The number of nitrogens with one attached hydrogen (secondary N) is 1. The summed E-state index contributed by atoms with van der Waals surface area (Å²) in [7, 11) is 1.75. The van der Waals surface area contributed by atoms with Crippen LogP contribution in [0.15, 0.2) is 18.2 Å².